The van der Waals surface area contributed by atoms with Crippen LogP contribution in [0.3, 0.4) is 0 Å². The first-order chi connectivity index (χ1) is 6.18. The lowest BCUT2D eigenvalue weighted by molar-refractivity contribution is -0.133. The van der Waals surface area contributed by atoms with E-state index in [0.29, 0.717) is 24.5 Å². The number of amides is 1. The van der Waals surface area contributed by atoms with Crippen LogP contribution in [-0.4, -0.2) is 47.4 Å². The topological polar surface area (TPSA) is 23.6 Å². The predicted octanol–water partition coefficient (Wildman–Crippen LogP) is 0.701. The molecule has 13 heavy (non-hydrogen) atoms. The molecule has 0 aromatic rings. The van der Waals surface area contributed by atoms with Crippen molar-refractivity contribution in [1.82, 2.24) is 9.80 Å². The summed E-state index contributed by atoms with van der Waals surface area (Å²) in [5.41, 5.74) is 0. The monoisotopic (exact) mass is 182 g/mol. The van der Waals surface area contributed by atoms with Gasteiger partial charge in [0.2, 0.25) is 5.91 Å². The fraction of sp³-hybridized carbons (Fsp3) is 0.900. The van der Waals surface area contributed by atoms with Crippen LogP contribution in [0.25, 0.3) is 0 Å². The third-order valence-corrected chi connectivity index (χ3v) is 3.15. The first-order valence-corrected chi connectivity index (χ1v) is 5.22. The van der Waals surface area contributed by atoms with E-state index in [1.54, 1.807) is 0 Å². The molecule has 0 radical (unpaired) electrons. The number of nitrogens with zero attached hydrogens (tertiary/aromatic N) is 2. The maximum atomic E-state index is 11.8. The van der Waals surface area contributed by atoms with Crippen molar-refractivity contribution < 1.29 is 4.79 Å². The molecule has 0 saturated carbocycles. The molecule has 0 N–H and O–H groups in total. The molecule has 0 aromatic carbocycles. The average Bonchev–Trinajstić information content (AvgIpc) is 2.30. The summed E-state index contributed by atoms with van der Waals surface area (Å²) in [5, 5.41) is 0. The summed E-state index contributed by atoms with van der Waals surface area (Å²) in [6, 6.07) is 0.891. The van der Waals surface area contributed by atoms with Crippen molar-refractivity contribution in [3.63, 3.8) is 0 Å². The van der Waals surface area contributed by atoms with Crippen LogP contribution in [0.5, 0.6) is 0 Å². The van der Waals surface area contributed by atoms with Crippen molar-refractivity contribution >= 4 is 5.91 Å². The van der Waals surface area contributed by atoms with Crippen LogP contribution >= 0.6 is 0 Å². The van der Waals surface area contributed by atoms with Crippen LogP contribution in [0.2, 0.25) is 0 Å². The molecule has 0 spiro atoms. The van der Waals surface area contributed by atoms with Gasteiger partial charge in [-0.2, -0.15) is 0 Å². The molecule has 3 saturated heterocycles. The molecule has 3 heteroatoms. The first kappa shape index (κ1) is 9.00. The SMILES string of the molecule is CC(C)N1C(=O)CN2CCC1CC2. The van der Waals surface area contributed by atoms with Gasteiger partial charge in [0.15, 0.2) is 0 Å². The van der Waals surface area contributed by atoms with Crippen molar-refractivity contribution in [1.29, 1.82) is 0 Å². The smallest absolute Gasteiger partial charge is 0.237 e. The van der Waals surface area contributed by atoms with E-state index in [9.17, 15) is 4.79 Å². The van der Waals surface area contributed by atoms with Gasteiger partial charge < -0.3 is 4.90 Å². The highest BCUT2D eigenvalue weighted by molar-refractivity contribution is 5.79. The standard InChI is InChI=1S/C10H18N2O/c1-8(2)12-9-3-5-11(6-4-9)7-10(12)13/h8-9H,3-7H2,1-2H3. The summed E-state index contributed by atoms with van der Waals surface area (Å²) in [6.07, 6.45) is 2.34. The van der Waals surface area contributed by atoms with E-state index in [0.717, 1.165) is 13.1 Å². The molecule has 0 unspecified atom stereocenters. The Balaban J connectivity index is 2.19. The molecule has 3 nitrogen and oxygen atoms in total. The molecule has 0 aliphatic carbocycles. The van der Waals surface area contributed by atoms with Gasteiger partial charge >= 0.3 is 0 Å². The maximum absolute atomic E-state index is 11.8. The zero-order valence-corrected chi connectivity index (χ0v) is 8.49. The Morgan fingerprint density at radius 2 is 1.92 bits per heavy atom. The van der Waals surface area contributed by atoms with E-state index < -0.39 is 0 Å². The molecule has 74 valence electrons. The van der Waals surface area contributed by atoms with Gasteiger partial charge in [0, 0.05) is 25.2 Å². The molecule has 0 aromatic heterocycles. The number of carbonyl (C=O) groups excluding carboxylic acids is 1. The largest absolute Gasteiger partial charge is 0.336 e. The fourth-order valence-corrected chi connectivity index (χ4v) is 2.54. The van der Waals surface area contributed by atoms with E-state index >= 15 is 0 Å². The first-order valence-electron chi connectivity index (χ1n) is 5.22. The second-order valence-corrected chi connectivity index (χ2v) is 4.40. The Morgan fingerprint density at radius 1 is 1.31 bits per heavy atom. The summed E-state index contributed by atoms with van der Waals surface area (Å²) in [4.78, 5) is 16.2. The Hall–Kier alpha value is -0.570. The minimum Gasteiger partial charge on any atom is -0.336 e. The van der Waals surface area contributed by atoms with E-state index in [2.05, 4.69) is 23.6 Å². The average molecular weight is 182 g/mol. The van der Waals surface area contributed by atoms with Crippen LogP contribution in [0, 0.1) is 0 Å². The molecule has 3 fully saturated rings. The minimum atomic E-state index is 0.329. The van der Waals surface area contributed by atoms with Gasteiger partial charge in [-0.3, -0.25) is 9.69 Å². The lowest BCUT2D eigenvalue weighted by atomic mass is 10.0. The zero-order chi connectivity index (χ0) is 9.42. The van der Waals surface area contributed by atoms with E-state index in [-0.39, 0.29) is 0 Å². The highest BCUT2D eigenvalue weighted by Crippen LogP contribution is 2.23. The Kier molecular flexibility index (Phi) is 2.28. The summed E-state index contributed by atoms with van der Waals surface area (Å²) in [5.74, 6) is 0.329. The second kappa shape index (κ2) is 3.29. The third-order valence-electron chi connectivity index (χ3n) is 3.15. The lowest BCUT2D eigenvalue weighted by Gasteiger charge is -2.34. The zero-order valence-electron chi connectivity index (χ0n) is 8.49. The quantitative estimate of drug-likeness (QED) is 0.596. The molecular weight excluding hydrogens is 164 g/mol. The number of carbonyl (C=O) groups is 1. The number of fused-ring (bicyclic) bond motifs is 4. The van der Waals surface area contributed by atoms with Gasteiger partial charge in [0.25, 0.3) is 0 Å². The second-order valence-electron chi connectivity index (χ2n) is 4.40. The third kappa shape index (κ3) is 1.57. The Morgan fingerprint density at radius 3 is 2.46 bits per heavy atom. The number of hydrogen-bond acceptors (Lipinski definition) is 2. The van der Waals surface area contributed by atoms with Crippen molar-refractivity contribution in [2.75, 3.05) is 19.6 Å². The number of rotatable bonds is 1. The van der Waals surface area contributed by atoms with Crippen molar-refractivity contribution in [3.8, 4) is 0 Å². The molecule has 3 rings (SSSR count). The van der Waals surface area contributed by atoms with Crippen LogP contribution in [0.4, 0.5) is 0 Å². The summed E-state index contributed by atoms with van der Waals surface area (Å²) < 4.78 is 0. The van der Waals surface area contributed by atoms with E-state index in [4.69, 9.17) is 0 Å². The number of hydrogen-bond donors (Lipinski definition) is 0. The van der Waals surface area contributed by atoms with Gasteiger partial charge in [-0.05, 0) is 26.7 Å². The van der Waals surface area contributed by atoms with Crippen molar-refractivity contribution in [2.45, 2.75) is 38.8 Å². The molecule has 1 amide bonds. The van der Waals surface area contributed by atoms with Crippen LogP contribution in [0.15, 0.2) is 0 Å². The van der Waals surface area contributed by atoms with Crippen LogP contribution in [-0.2, 0) is 4.79 Å². The Bertz CT molecular complexity index is 207. The van der Waals surface area contributed by atoms with E-state index in [1.165, 1.54) is 12.8 Å². The van der Waals surface area contributed by atoms with Crippen molar-refractivity contribution in [2.24, 2.45) is 0 Å². The van der Waals surface area contributed by atoms with Gasteiger partial charge in [-0.15, -0.1) is 0 Å². The highest BCUT2D eigenvalue weighted by Gasteiger charge is 2.34. The molecule has 0 atom stereocenters. The fourth-order valence-electron chi connectivity index (χ4n) is 2.54. The normalized spacial score (nSPS) is 34.1. The van der Waals surface area contributed by atoms with E-state index in [1.807, 2.05) is 0 Å². The summed E-state index contributed by atoms with van der Waals surface area (Å²) in [7, 11) is 0. The van der Waals surface area contributed by atoms with Crippen LogP contribution < -0.4 is 0 Å². The maximum Gasteiger partial charge on any atom is 0.237 e. The molecule has 3 heterocycles. The summed E-state index contributed by atoms with van der Waals surface area (Å²) in [6.45, 7) is 7.10. The minimum absolute atomic E-state index is 0.329. The lowest BCUT2D eigenvalue weighted by Crippen LogP contribution is -2.44. The Labute approximate surface area is 79.7 Å². The van der Waals surface area contributed by atoms with Crippen molar-refractivity contribution in [3.05, 3.63) is 0 Å². The molecular formula is C10H18N2O. The molecule has 3 aliphatic heterocycles. The molecule has 2 bridgehead atoms. The summed E-state index contributed by atoms with van der Waals surface area (Å²) >= 11 is 0. The highest BCUT2D eigenvalue weighted by atomic mass is 16.2. The van der Waals surface area contributed by atoms with Gasteiger partial charge in [0.05, 0.1) is 6.54 Å². The number of piperidine rings is 1. The predicted molar refractivity (Wildman–Crippen MR) is 51.4 cm³/mol. The van der Waals surface area contributed by atoms with Gasteiger partial charge in [-0.25, -0.2) is 0 Å². The van der Waals surface area contributed by atoms with Gasteiger partial charge in [-0.1, -0.05) is 0 Å². The van der Waals surface area contributed by atoms with Crippen LogP contribution in [0.1, 0.15) is 26.7 Å². The van der Waals surface area contributed by atoms with Gasteiger partial charge in [0.1, 0.15) is 0 Å². The molecule has 3 aliphatic rings.